The lowest BCUT2D eigenvalue weighted by atomic mass is 10.3. The second-order valence-corrected chi connectivity index (χ2v) is 3.48. The SMILES string of the molecule is CCOC(C)c1nc(O)c(Br)c(=O)[nH]1. The molecule has 0 saturated heterocycles. The van der Waals surface area contributed by atoms with Crippen LogP contribution in [-0.4, -0.2) is 21.7 Å². The molecule has 0 spiro atoms. The van der Waals surface area contributed by atoms with Gasteiger partial charge in [-0.2, -0.15) is 4.98 Å². The van der Waals surface area contributed by atoms with Crippen LogP contribution in [0.3, 0.4) is 0 Å². The summed E-state index contributed by atoms with van der Waals surface area (Å²) in [6.45, 7) is 4.10. The molecule has 1 aromatic heterocycles. The van der Waals surface area contributed by atoms with Gasteiger partial charge in [-0.3, -0.25) is 4.79 Å². The van der Waals surface area contributed by atoms with Crippen LogP contribution in [0.25, 0.3) is 0 Å². The summed E-state index contributed by atoms with van der Waals surface area (Å²) < 4.78 is 5.25. The molecule has 0 fully saturated rings. The average molecular weight is 263 g/mol. The van der Waals surface area contributed by atoms with Gasteiger partial charge in [-0.25, -0.2) is 0 Å². The van der Waals surface area contributed by atoms with Crippen molar-refractivity contribution in [2.75, 3.05) is 6.61 Å². The number of H-pyrrole nitrogens is 1. The molecule has 0 saturated carbocycles. The largest absolute Gasteiger partial charge is 0.492 e. The number of hydrogen-bond acceptors (Lipinski definition) is 4. The van der Waals surface area contributed by atoms with Crippen molar-refractivity contribution >= 4 is 15.9 Å². The van der Waals surface area contributed by atoms with E-state index in [-0.39, 0.29) is 16.5 Å². The fourth-order valence-electron chi connectivity index (χ4n) is 0.985. The number of rotatable bonds is 3. The molecule has 14 heavy (non-hydrogen) atoms. The van der Waals surface area contributed by atoms with Crippen molar-refractivity contribution < 1.29 is 9.84 Å². The molecular weight excluding hydrogens is 252 g/mol. The molecule has 1 heterocycles. The van der Waals surface area contributed by atoms with Gasteiger partial charge in [0.15, 0.2) is 0 Å². The van der Waals surface area contributed by atoms with E-state index < -0.39 is 5.56 Å². The summed E-state index contributed by atoms with van der Waals surface area (Å²) in [5, 5.41) is 9.26. The van der Waals surface area contributed by atoms with E-state index >= 15 is 0 Å². The third-order valence-corrected chi connectivity index (χ3v) is 2.38. The van der Waals surface area contributed by atoms with E-state index in [1.807, 2.05) is 6.92 Å². The van der Waals surface area contributed by atoms with Gasteiger partial charge < -0.3 is 14.8 Å². The molecular formula is C8H11BrN2O3. The summed E-state index contributed by atoms with van der Waals surface area (Å²) in [6, 6.07) is 0. The summed E-state index contributed by atoms with van der Waals surface area (Å²) in [7, 11) is 0. The van der Waals surface area contributed by atoms with Gasteiger partial charge >= 0.3 is 0 Å². The minimum Gasteiger partial charge on any atom is -0.492 e. The molecule has 1 atom stereocenters. The number of aromatic amines is 1. The fourth-order valence-corrected chi connectivity index (χ4v) is 1.17. The molecule has 0 bridgehead atoms. The Morgan fingerprint density at radius 1 is 1.71 bits per heavy atom. The Balaban J connectivity index is 3.06. The van der Waals surface area contributed by atoms with Gasteiger partial charge in [-0.05, 0) is 29.8 Å². The van der Waals surface area contributed by atoms with Crippen molar-refractivity contribution in [3.05, 3.63) is 20.7 Å². The predicted molar refractivity (Wildman–Crippen MR) is 54.3 cm³/mol. The van der Waals surface area contributed by atoms with E-state index in [2.05, 4.69) is 25.9 Å². The zero-order valence-electron chi connectivity index (χ0n) is 7.87. The summed E-state index contributed by atoms with van der Waals surface area (Å²) >= 11 is 2.90. The number of hydrogen-bond donors (Lipinski definition) is 2. The highest BCUT2D eigenvalue weighted by molar-refractivity contribution is 9.10. The molecule has 78 valence electrons. The van der Waals surface area contributed by atoms with Crippen molar-refractivity contribution in [2.24, 2.45) is 0 Å². The second-order valence-electron chi connectivity index (χ2n) is 2.69. The van der Waals surface area contributed by atoms with Gasteiger partial charge in [-0.15, -0.1) is 0 Å². The quantitative estimate of drug-likeness (QED) is 0.862. The van der Waals surface area contributed by atoms with Crippen molar-refractivity contribution in [1.29, 1.82) is 0 Å². The van der Waals surface area contributed by atoms with Crippen LogP contribution in [0.5, 0.6) is 5.88 Å². The molecule has 0 aliphatic heterocycles. The third-order valence-electron chi connectivity index (χ3n) is 1.67. The van der Waals surface area contributed by atoms with E-state index in [9.17, 15) is 9.90 Å². The number of ether oxygens (including phenoxy) is 1. The maximum absolute atomic E-state index is 11.2. The first-order valence-corrected chi connectivity index (χ1v) is 4.95. The van der Waals surface area contributed by atoms with Crippen LogP contribution in [0.2, 0.25) is 0 Å². The highest BCUT2D eigenvalue weighted by Gasteiger charge is 2.12. The maximum atomic E-state index is 11.2. The number of halogens is 1. The molecule has 6 heteroatoms. The van der Waals surface area contributed by atoms with Gasteiger partial charge in [0.1, 0.15) is 16.4 Å². The standard InChI is InChI=1S/C8H11BrN2O3/c1-3-14-4(2)6-10-7(12)5(9)8(13)11-6/h4H,3H2,1-2H3,(H2,10,11,12,13). The van der Waals surface area contributed by atoms with E-state index in [0.717, 1.165) is 0 Å². The van der Waals surface area contributed by atoms with Crippen LogP contribution in [-0.2, 0) is 4.74 Å². The summed E-state index contributed by atoms with van der Waals surface area (Å²) in [5.74, 6) is -0.00662. The smallest absolute Gasteiger partial charge is 0.269 e. The molecule has 2 N–H and O–H groups in total. The van der Waals surface area contributed by atoms with Crippen LogP contribution in [0.15, 0.2) is 9.27 Å². The summed E-state index contributed by atoms with van der Waals surface area (Å²) in [6.07, 6.45) is -0.341. The minimum absolute atomic E-state index is 0.0324. The molecule has 1 aromatic rings. The number of nitrogens with zero attached hydrogens (tertiary/aromatic N) is 1. The first-order chi connectivity index (χ1) is 6.56. The Morgan fingerprint density at radius 3 is 2.86 bits per heavy atom. The Bertz CT molecular complexity index is 377. The summed E-state index contributed by atoms with van der Waals surface area (Å²) in [4.78, 5) is 17.5. The number of aromatic nitrogens is 2. The van der Waals surface area contributed by atoms with Gasteiger partial charge in [0, 0.05) is 6.61 Å². The molecule has 5 nitrogen and oxygen atoms in total. The van der Waals surface area contributed by atoms with Gasteiger partial charge in [0.2, 0.25) is 5.88 Å². The van der Waals surface area contributed by atoms with Crippen molar-refractivity contribution in [2.45, 2.75) is 20.0 Å². The van der Waals surface area contributed by atoms with E-state index in [0.29, 0.717) is 12.4 Å². The van der Waals surface area contributed by atoms with Crippen LogP contribution in [0.1, 0.15) is 25.8 Å². The predicted octanol–water partition coefficient (Wildman–Crippen LogP) is 1.34. The molecule has 0 aliphatic rings. The molecule has 0 aromatic carbocycles. The van der Waals surface area contributed by atoms with E-state index in [1.165, 1.54) is 0 Å². The lowest BCUT2D eigenvalue weighted by Crippen LogP contribution is -2.15. The van der Waals surface area contributed by atoms with Gasteiger partial charge in [0.05, 0.1) is 0 Å². The van der Waals surface area contributed by atoms with Crippen molar-refractivity contribution in [3.63, 3.8) is 0 Å². The van der Waals surface area contributed by atoms with Gasteiger partial charge in [0.25, 0.3) is 5.56 Å². The normalized spacial score (nSPS) is 12.8. The number of nitrogens with one attached hydrogen (secondary N) is 1. The monoisotopic (exact) mass is 262 g/mol. The lowest BCUT2D eigenvalue weighted by molar-refractivity contribution is 0.0693. The minimum atomic E-state index is -0.418. The molecule has 0 radical (unpaired) electrons. The zero-order chi connectivity index (χ0) is 10.7. The Hall–Kier alpha value is -0.880. The molecule has 1 rings (SSSR count). The maximum Gasteiger partial charge on any atom is 0.269 e. The first-order valence-electron chi connectivity index (χ1n) is 4.16. The molecule has 1 unspecified atom stereocenters. The highest BCUT2D eigenvalue weighted by atomic mass is 79.9. The van der Waals surface area contributed by atoms with Crippen LogP contribution in [0, 0.1) is 0 Å². The Labute approximate surface area is 89.3 Å². The third kappa shape index (κ3) is 2.33. The van der Waals surface area contributed by atoms with Crippen molar-refractivity contribution in [3.8, 4) is 5.88 Å². The number of aromatic hydroxyl groups is 1. The Kier molecular flexibility index (Phi) is 3.65. The van der Waals surface area contributed by atoms with E-state index in [1.54, 1.807) is 6.92 Å². The lowest BCUT2D eigenvalue weighted by Gasteiger charge is -2.10. The van der Waals surface area contributed by atoms with Crippen LogP contribution in [0.4, 0.5) is 0 Å². The Morgan fingerprint density at radius 2 is 2.36 bits per heavy atom. The zero-order valence-corrected chi connectivity index (χ0v) is 9.46. The topological polar surface area (TPSA) is 75.2 Å². The van der Waals surface area contributed by atoms with Gasteiger partial charge in [-0.1, -0.05) is 0 Å². The molecule has 0 amide bonds. The van der Waals surface area contributed by atoms with E-state index in [4.69, 9.17) is 4.74 Å². The molecule has 0 aliphatic carbocycles. The average Bonchev–Trinajstić information content (AvgIpc) is 2.13. The first kappa shape index (κ1) is 11.2. The fraction of sp³-hybridized carbons (Fsp3) is 0.500. The van der Waals surface area contributed by atoms with Crippen molar-refractivity contribution in [1.82, 2.24) is 9.97 Å². The van der Waals surface area contributed by atoms with Crippen LogP contribution < -0.4 is 5.56 Å². The second kappa shape index (κ2) is 4.56. The summed E-state index contributed by atoms with van der Waals surface area (Å²) in [5.41, 5.74) is -0.418. The van der Waals surface area contributed by atoms with Crippen LogP contribution >= 0.6 is 15.9 Å². The highest BCUT2D eigenvalue weighted by Crippen LogP contribution is 2.18.